The molecule has 2 atom stereocenters. The van der Waals surface area contributed by atoms with Crippen LogP contribution < -0.4 is 16.0 Å². The zero-order chi connectivity index (χ0) is 12.5. The molecule has 1 aromatic carbocycles. The van der Waals surface area contributed by atoms with Crippen molar-refractivity contribution < 1.29 is 4.74 Å². The molecule has 3 nitrogen and oxygen atoms in total. The molecule has 1 aliphatic rings. The Morgan fingerprint density at radius 1 is 1.44 bits per heavy atom. The number of thiophene rings is 1. The average molecular weight is 260 g/mol. The molecule has 2 aromatic rings. The topological polar surface area (TPSA) is 47.3 Å². The van der Waals surface area contributed by atoms with Gasteiger partial charge in [-0.05, 0) is 30.0 Å². The largest absolute Gasteiger partial charge is 0.493 e. The van der Waals surface area contributed by atoms with E-state index in [1.165, 1.54) is 16.0 Å². The molecule has 1 aromatic heterocycles. The Morgan fingerprint density at radius 2 is 2.28 bits per heavy atom. The first kappa shape index (κ1) is 11.7. The first-order chi connectivity index (χ1) is 8.79. The van der Waals surface area contributed by atoms with Crippen LogP contribution in [0.5, 0.6) is 5.75 Å². The lowest BCUT2D eigenvalue weighted by Gasteiger charge is -2.21. The molecule has 2 unspecified atom stereocenters. The summed E-state index contributed by atoms with van der Waals surface area (Å²) in [7, 11) is 0. The van der Waals surface area contributed by atoms with Gasteiger partial charge in [-0.2, -0.15) is 0 Å². The Labute approximate surface area is 111 Å². The van der Waals surface area contributed by atoms with E-state index in [1.54, 1.807) is 11.3 Å². The fourth-order valence-corrected chi connectivity index (χ4v) is 3.28. The predicted octanol–water partition coefficient (Wildman–Crippen LogP) is 2.74. The Hall–Kier alpha value is -1.36. The number of ether oxygens (including phenoxy) is 1. The number of rotatable bonds is 3. The Morgan fingerprint density at radius 3 is 3.00 bits per heavy atom. The van der Waals surface area contributed by atoms with Gasteiger partial charge >= 0.3 is 0 Å². The summed E-state index contributed by atoms with van der Waals surface area (Å²) >= 11 is 1.75. The second-order valence-corrected chi connectivity index (χ2v) is 5.71. The molecule has 0 spiro atoms. The zero-order valence-electron chi connectivity index (χ0n) is 10.2. The SMILES string of the molecule is Cc1cc(C(NN)C2COc3ccccc32)cs1. The highest BCUT2D eigenvalue weighted by Crippen LogP contribution is 2.41. The van der Waals surface area contributed by atoms with Crippen molar-refractivity contribution in [3.63, 3.8) is 0 Å². The summed E-state index contributed by atoms with van der Waals surface area (Å²) in [5.74, 6) is 7.01. The Balaban J connectivity index is 1.95. The molecule has 0 amide bonds. The third-order valence-electron chi connectivity index (χ3n) is 3.43. The number of hydrazine groups is 1. The molecule has 94 valence electrons. The van der Waals surface area contributed by atoms with E-state index in [1.807, 2.05) is 18.2 Å². The summed E-state index contributed by atoms with van der Waals surface area (Å²) < 4.78 is 5.73. The Kier molecular flexibility index (Phi) is 3.07. The van der Waals surface area contributed by atoms with Crippen LogP contribution in [0.2, 0.25) is 0 Å². The summed E-state index contributed by atoms with van der Waals surface area (Å²) in [6.07, 6.45) is 0. The molecule has 0 fully saturated rings. The van der Waals surface area contributed by atoms with Gasteiger partial charge in [-0.15, -0.1) is 11.3 Å². The van der Waals surface area contributed by atoms with Crippen LogP contribution in [0.4, 0.5) is 0 Å². The highest BCUT2D eigenvalue weighted by atomic mass is 32.1. The number of hydrogen-bond donors (Lipinski definition) is 2. The fraction of sp³-hybridized carbons (Fsp3) is 0.286. The van der Waals surface area contributed by atoms with E-state index in [4.69, 9.17) is 10.6 Å². The second kappa shape index (κ2) is 4.72. The molecule has 0 radical (unpaired) electrons. The third-order valence-corrected chi connectivity index (χ3v) is 4.31. The molecule has 4 heteroatoms. The van der Waals surface area contributed by atoms with Crippen LogP contribution in [0.1, 0.15) is 28.0 Å². The van der Waals surface area contributed by atoms with Crippen LogP contribution >= 0.6 is 11.3 Å². The van der Waals surface area contributed by atoms with Gasteiger partial charge in [0.15, 0.2) is 0 Å². The van der Waals surface area contributed by atoms with E-state index in [0.29, 0.717) is 6.61 Å². The quantitative estimate of drug-likeness (QED) is 0.659. The summed E-state index contributed by atoms with van der Waals surface area (Å²) in [6, 6.07) is 10.5. The molecule has 1 aliphatic heterocycles. The lowest BCUT2D eigenvalue weighted by molar-refractivity contribution is 0.300. The fourth-order valence-electron chi connectivity index (χ4n) is 2.53. The van der Waals surface area contributed by atoms with Crippen LogP contribution in [0.3, 0.4) is 0 Å². The predicted molar refractivity (Wildman–Crippen MR) is 73.8 cm³/mol. The maximum absolute atomic E-state index is 5.75. The minimum Gasteiger partial charge on any atom is -0.493 e. The number of benzene rings is 1. The monoisotopic (exact) mass is 260 g/mol. The van der Waals surface area contributed by atoms with Crippen molar-refractivity contribution in [3.8, 4) is 5.75 Å². The standard InChI is InChI=1S/C14H16N2OS/c1-9-6-10(8-18-9)14(16-15)12-7-17-13-5-3-2-4-11(12)13/h2-6,8,12,14,16H,7,15H2,1H3. The first-order valence-electron chi connectivity index (χ1n) is 6.02. The van der Waals surface area contributed by atoms with E-state index in [2.05, 4.69) is 29.9 Å². The summed E-state index contributed by atoms with van der Waals surface area (Å²) in [4.78, 5) is 1.30. The number of nitrogens with one attached hydrogen (secondary N) is 1. The molecule has 0 aliphatic carbocycles. The molecule has 0 saturated carbocycles. The second-order valence-electron chi connectivity index (χ2n) is 4.59. The van der Waals surface area contributed by atoms with Gasteiger partial charge in [0.1, 0.15) is 5.75 Å². The minimum atomic E-state index is 0.110. The number of fused-ring (bicyclic) bond motifs is 1. The summed E-state index contributed by atoms with van der Waals surface area (Å²) in [5, 5.41) is 2.17. The minimum absolute atomic E-state index is 0.110. The molecule has 0 saturated heterocycles. The van der Waals surface area contributed by atoms with Crippen molar-refractivity contribution in [2.45, 2.75) is 18.9 Å². The van der Waals surface area contributed by atoms with Gasteiger partial charge in [0, 0.05) is 16.4 Å². The smallest absolute Gasteiger partial charge is 0.122 e. The van der Waals surface area contributed by atoms with E-state index in [9.17, 15) is 0 Å². The van der Waals surface area contributed by atoms with E-state index >= 15 is 0 Å². The zero-order valence-corrected chi connectivity index (χ0v) is 11.0. The van der Waals surface area contributed by atoms with Crippen molar-refractivity contribution >= 4 is 11.3 Å². The van der Waals surface area contributed by atoms with Gasteiger partial charge in [0.2, 0.25) is 0 Å². The number of hydrogen-bond acceptors (Lipinski definition) is 4. The molecular formula is C14H16N2OS. The maximum atomic E-state index is 5.75. The van der Waals surface area contributed by atoms with Gasteiger partial charge in [0.25, 0.3) is 0 Å². The average Bonchev–Trinajstić information content (AvgIpc) is 2.98. The van der Waals surface area contributed by atoms with Crippen molar-refractivity contribution in [1.29, 1.82) is 0 Å². The number of nitrogens with two attached hydrogens (primary N) is 1. The van der Waals surface area contributed by atoms with Gasteiger partial charge in [0.05, 0.1) is 12.6 Å². The number of aryl methyl sites for hydroxylation is 1. The molecular weight excluding hydrogens is 244 g/mol. The third kappa shape index (κ3) is 1.92. The molecule has 18 heavy (non-hydrogen) atoms. The van der Waals surface area contributed by atoms with Gasteiger partial charge < -0.3 is 4.74 Å². The normalized spacial score (nSPS) is 19.3. The van der Waals surface area contributed by atoms with Gasteiger partial charge in [-0.1, -0.05) is 18.2 Å². The lowest BCUT2D eigenvalue weighted by Crippen LogP contribution is -2.33. The summed E-state index contributed by atoms with van der Waals surface area (Å²) in [5.41, 5.74) is 5.42. The molecule has 3 N–H and O–H groups in total. The van der Waals surface area contributed by atoms with Crippen LogP contribution in [-0.4, -0.2) is 6.61 Å². The van der Waals surface area contributed by atoms with E-state index in [-0.39, 0.29) is 12.0 Å². The van der Waals surface area contributed by atoms with Crippen LogP contribution in [0.15, 0.2) is 35.7 Å². The molecule has 0 bridgehead atoms. The van der Waals surface area contributed by atoms with E-state index < -0.39 is 0 Å². The highest BCUT2D eigenvalue weighted by molar-refractivity contribution is 7.10. The number of para-hydroxylation sites is 1. The highest BCUT2D eigenvalue weighted by Gasteiger charge is 2.31. The van der Waals surface area contributed by atoms with E-state index in [0.717, 1.165) is 5.75 Å². The molecule has 2 heterocycles. The van der Waals surface area contributed by atoms with Gasteiger partial charge in [-0.3, -0.25) is 11.3 Å². The first-order valence-corrected chi connectivity index (χ1v) is 6.90. The van der Waals surface area contributed by atoms with Crippen LogP contribution in [0, 0.1) is 6.92 Å². The van der Waals surface area contributed by atoms with Crippen molar-refractivity contribution in [3.05, 3.63) is 51.7 Å². The van der Waals surface area contributed by atoms with Gasteiger partial charge in [-0.25, -0.2) is 0 Å². The van der Waals surface area contributed by atoms with Crippen molar-refractivity contribution in [2.24, 2.45) is 5.84 Å². The molecule has 3 rings (SSSR count). The van der Waals surface area contributed by atoms with Crippen LogP contribution in [0.25, 0.3) is 0 Å². The van der Waals surface area contributed by atoms with Crippen molar-refractivity contribution in [1.82, 2.24) is 5.43 Å². The summed E-state index contributed by atoms with van der Waals surface area (Å²) in [6.45, 7) is 2.80. The Bertz CT molecular complexity index is 552. The maximum Gasteiger partial charge on any atom is 0.122 e. The van der Waals surface area contributed by atoms with Crippen molar-refractivity contribution in [2.75, 3.05) is 6.61 Å². The van der Waals surface area contributed by atoms with Crippen LogP contribution in [-0.2, 0) is 0 Å². The lowest BCUT2D eigenvalue weighted by atomic mass is 9.90.